The van der Waals surface area contributed by atoms with Gasteiger partial charge >= 0.3 is 6.03 Å². The number of carbonyl (C=O) groups excluding carboxylic acids is 2. The Labute approximate surface area is 184 Å². The Bertz CT molecular complexity index is 1160. The van der Waals surface area contributed by atoms with Gasteiger partial charge in [-0.2, -0.15) is 0 Å². The highest BCUT2D eigenvalue weighted by atomic mass is 19.2. The van der Waals surface area contributed by atoms with Crippen molar-refractivity contribution in [1.82, 2.24) is 9.80 Å². The predicted octanol–water partition coefficient (Wildman–Crippen LogP) is 4.50. The van der Waals surface area contributed by atoms with Crippen LogP contribution in [0.3, 0.4) is 0 Å². The fourth-order valence-electron chi connectivity index (χ4n) is 5.28. The number of likely N-dealkylation sites (tertiary alicyclic amines) is 1. The monoisotopic (exact) mass is 435 g/mol. The molecule has 2 aromatic carbocycles. The van der Waals surface area contributed by atoms with E-state index in [4.69, 9.17) is 0 Å². The van der Waals surface area contributed by atoms with E-state index in [9.17, 15) is 18.4 Å². The quantitative estimate of drug-likeness (QED) is 0.769. The third-order valence-corrected chi connectivity index (χ3v) is 7.12. The minimum Gasteiger partial charge on any atom is -0.333 e. The first-order valence-electron chi connectivity index (χ1n) is 11.1. The summed E-state index contributed by atoms with van der Waals surface area (Å²) in [7, 11) is 0. The lowest BCUT2D eigenvalue weighted by Crippen LogP contribution is -2.48. The predicted molar refractivity (Wildman–Crippen MR) is 116 cm³/mol. The molecule has 1 saturated heterocycles. The van der Waals surface area contributed by atoms with Crippen LogP contribution in [0.1, 0.15) is 41.9 Å². The van der Waals surface area contributed by atoms with Crippen molar-refractivity contribution < 1.29 is 18.4 Å². The minimum atomic E-state index is -0.986. The molecule has 2 fully saturated rings. The Kier molecular flexibility index (Phi) is 4.35. The lowest BCUT2D eigenvalue weighted by Gasteiger charge is -2.33. The highest BCUT2D eigenvalue weighted by molar-refractivity contribution is 5.95. The summed E-state index contributed by atoms with van der Waals surface area (Å²) in [5.41, 5.74) is 4.00. The van der Waals surface area contributed by atoms with Gasteiger partial charge in [-0.15, -0.1) is 0 Å². The largest absolute Gasteiger partial charge is 0.333 e. The van der Waals surface area contributed by atoms with Crippen LogP contribution in [0.5, 0.6) is 0 Å². The van der Waals surface area contributed by atoms with Crippen molar-refractivity contribution in [3.05, 3.63) is 70.8 Å². The van der Waals surface area contributed by atoms with Gasteiger partial charge in [-0.25, -0.2) is 13.6 Å². The Morgan fingerprint density at radius 2 is 1.88 bits per heavy atom. The molecule has 7 heteroatoms. The Morgan fingerprint density at radius 3 is 2.59 bits per heavy atom. The molecule has 2 aromatic rings. The van der Waals surface area contributed by atoms with Crippen LogP contribution in [0.25, 0.3) is 5.57 Å². The van der Waals surface area contributed by atoms with Crippen LogP contribution >= 0.6 is 0 Å². The van der Waals surface area contributed by atoms with E-state index in [1.807, 2.05) is 4.90 Å². The summed E-state index contributed by atoms with van der Waals surface area (Å²) in [4.78, 5) is 28.7. The molecule has 0 spiro atoms. The second-order valence-corrected chi connectivity index (χ2v) is 9.25. The average Bonchev–Trinajstić information content (AvgIpc) is 3.45. The normalized spacial score (nSPS) is 23.8. The molecule has 2 aliphatic carbocycles. The minimum absolute atomic E-state index is 0.00593. The highest BCUT2D eigenvalue weighted by Gasteiger charge is 2.42. The van der Waals surface area contributed by atoms with E-state index in [0.717, 1.165) is 18.1 Å². The third-order valence-electron chi connectivity index (χ3n) is 7.12. The van der Waals surface area contributed by atoms with Crippen LogP contribution in [0, 0.1) is 17.6 Å². The molecule has 2 bridgehead atoms. The SMILES string of the molecule is O=C1Nc2ccc(F)c(F)c2CN1CC(=O)N1C[C@@H]2C=C(c3ccc(C4CC4)cc3)[C@H]1C2. The van der Waals surface area contributed by atoms with Crippen molar-refractivity contribution in [3.8, 4) is 0 Å². The first-order valence-corrected chi connectivity index (χ1v) is 11.1. The van der Waals surface area contributed by atoms with Gasteiger partial charge < -0.3 is 15.1 Å². The molecule has 2 heterocycles. The smallest absolute Gasteiger partial charge is 0.322 e. The fraction of sp³-hybridized carbons (Fsp3) is 0.360. The number of halogens is 2. The molecule has 5 nitrogen and oxygen atoms in total. The van der Waals surface area contributed by atoms with Crippen LogP contribution in [0.4, 0.5) is 19.3 Å². The third kappa shape index (κ3) is 3.18. The van der Waals surface area contributed by atoms with Gasteiger partial charge in [-0.1, -0.05) is 30.3 Å². The Morgan fingerprint density at radius 1 is 1.09 bits per heavy atom. The van der Waals surface area contributed by atoms with E-state index in [1.54, 1.807) is 0 Å². The number of carbonyl (C=O) groups is 2. The number of anilines is 1. The van der Waals surface area contributed by atoms with Crippen LogP contribution in [-0.4, -0.2) is 40.9 Å². The van der Waals surface area contributed by atoms with Gasteiger partial charge in [0.25, 0.3) is 0 Å². The molecule has 164 valence electrons. The number of hydrogen-bond donors (Lipinski definition) is 1. The lowest BCUT2D eigenvalue weighted by atomic mass is 9.98. The lowest BCUT2D eigenvalue weighted by molar-refractivity contribution is -0.132. The van der Waals surface area contributed by atoms with E-state index >= 15 is 0 Å². The summed E-state index contributed by atoms with van der Waals surface area (Å²) in [6.45, 7) is 0.324. The first-order chi connectivity index (χ1) is 15.5. The number of urea groups is 1. The van der Waals surface area contributed by atoms with Gasteiger partial charge in [0, 0.05) is 12.1 Å². The molecule has 2 aliphatic heterocycles. The summed E-state index contributed by atoms with van der Waals surface area (Å²) in [6.07, 6.45) is 5.68. The number of rotatable bonds is 4. The number of benzene rings is 2. The number of fused-ring (bicyclic) bond motifs is 3. The van der Waals surface area contributed by atoms with E-state index in [1.165, 1.54) is 34.9 Å². The number of amides is 3. The van der Waals surface area contributed by atoms with E-state index in [-0.39, 0.29) is 36.3 Å². The molecule has 2 atom stereocenters. The molecular formula is C25H23F2N3O2. The van der Waals surface area contributed by atoms with Crippen molar-refractivity contribution in [1.29, 1.82) is 0 Å². The molecule has 4 aliphatic rings. The zero-order valence-electron chi connectivity index (χ0n) is 17.5. The molecule has 32 heavy (non-hydrogen) atoms. The molecule has 0 aromatic heterocycles. The highest BCUT2D eigenvalue weighted by Crippen LogP contribution is 2.44. The molecule has 6 rings (SSSR count). The molecule has 0 unspecified atom stereocenters. The van der Waals surface area contributed by atoms with Gasteiger partial charge in [-0.05, 0) is 59.9 Å². The molecule has 3 amide bonds. The van der Waals surface area contributed by atoms with Crippen molar-refractivity contribution in [2.45, 2.75) is 37.8 Å². The van der Waals surface area contributed by atoms with Crippen molar-refractivity contribution in [3.63, 3.8) is 0 Å². The van der Waals surface area contributed by atoms with Gasteiger partial charge in [0.1, 0.15) is 6.54 Å². The standard InChI is InChI=1S/C25H23F2N3O2/c26-20-7-8-21-19(24(20)27)12-29(25(32)28-21)13-23(31)30-11-14-9-18(22(30)10-14)17-5-3-16(4-6-17)15-1-2-15/h3-9,14-15,22H,1-2,10-13H2,(H,28,32)/t14-,22-/m1/s1. The maximum absolute atomic E-state index is 14.2. The van der Waals surface area contributed by atoms with Crippen LogP contribution in [0.2, 0.25) is 0 Å². The van der Waals surface area contributed by atoms with E-state index < -0.39 is 17.7 Å². The van der Waals surface area contributed by atoms with Gasteiger partial charge in [0.05, 0.1) is 18.3 Å². The van der Waals surface area contributed by atoms with Gasteiger partial charge in [-0.3, -0.25) is 4.79 Å². The summed E-state index contributed by atoms with van der Waals surface area (Å²) in [5, 5.41) is 2.56. The first kappa shape index (κ1) is 19.5. The van der Waals surface area contributed by atoms with Crippen LogP contribution in [0.15, 0.2) is 42.5 Å². The fourth-order valence-corrected chi connectivity index (χ4v) is 5.28. The summed E-state index contributed by atoms with van der Waals surface area (Å²) in [5.74, 6) is -1.11. The Balaban J connectivity index is 1.17. The number of hydrogen-bond acceptors (Lipinski definition) is 2. The van der Waals surface area contributed by atoms with E-state index in [0.29, 0.717) is 18.4 Å². The number of nitrogens with zero attached hydrogens (tertiary/aromatic N) is 2. The second kappa shape index (κ2) is 7.15. The Hall–Kier alpha value is -3.22. The maximum Gasteiger partial charge on any atom is 0.322 e. The van der Waals surface area contributed by atoms with Crippen molar-refractivity contribution in [2.24, 2.45) is 5.92 Å². The summed E-state index contributed by atoms with van der Waals surface area (Å²) < 4.78 is 27.8. The zero-order valence-corrected chi connectivity index (χ0v) is 17.5. The summed E-state index contributed by atoms with van der Waals surface area (Å²) >= 11 is 0. The number of nitrogens with one attached hydrogen (secondary N) is 1. The van der Waals surface area contributed by atoms with Crippen molar-refractivity contribution >= 4 is 23.2 Å². The molecule has 0 radical (unpaired) electrons. The second-order valence-electron chi connectivity index (χ2n) is 9.25. The molecule has 1 N–H and O–H groups in total. The molecular weight excluding hydrogens is 412 g/mol. The van der Waals surface area contributed by atoms with Gasteiger partial charge in [0.15, 0.2) is 11.6 Å². The van der Waals surface area contributed by atoms with Crippen molar-refractivity contribution in [2.75, 3.05) is 18.4 Å². The zero-order chi connectivity index (χ0) is 22.0. The summed E-state index contributed by atoms with van der Waals surface area (Å²) in [6, 6.07) is 10.5. The van der Waals surface area contributed by atoms with Gasteiger partial charge in [0.2, 0.25) is 5.91 Å². The van der Waals surface area contributed by atoms with Crippen LogP contribution < -0.4 is 5.32 Å². The van der Waals surface area contributed by atoms with Crippen LogP contribution in [-0.2, 0) is 11.3 Å². The topological polar surface area (TPSA) is 52.7 Å². The average molecular weight is 435 g/mol. The molecule has 1 saturated carbocycles. The van der Waals surface area contributed by atoms with E-state index in [2.05, 4.69) is 35.7 Å². The maximum atomic E-state index is 14.2.